The Kier molecular flexibility index (Phi) is 3.72. The van der Waals surface area contributed by atoms with Crippen LogP contribution in [0.5, 0.6) is 0 Å². The first-order chi connectivity index (χ1) is 9.44. The molecule has 0 unspecified atom stereocenters. The number of hydrogen-bond donors (Lipinski definition) is 0. The highest BCUT2D eigenvalue weighted by molar-refractivity contribution is 7.91. The molecule has 0 aliphatic heterocycles. The van der Waals surface area contributed by atoms with Gasteiger partial charge in [-0.15, -0.1) is 0 Å². The van der Waals surface area contributed by atoms with Crippen molar-refractivity contribution >= 4 is 9.84 Å². The zero-order valence-corrected chi connectivity index (χ0v) is 11.5. The van der Waals surface area contributed by atoms with E-state index in [0.29, 0.717) is 0 Å². The van der Waals surface area contributed by atoms with Crippen LogP contribution in [-0.2, 0) is 23.4 Å². The molecule has 104 valence electrons. The van der Waals surface area contributed by atoms with Crippen LogP contribution in [-0.4, -0.2) is 28.5 Å². The highest BCUT2D eigenvalue weighted by Crippen LogP contribution is 2.13. The largest absolute Gasteiger partial charge is 0.345 e. The van der Waals surface area contributed by atoms with Crippen LogP contribution in [0.25, 0.3) is 0 Å². The smallest absolute Gasteiger partial charge is 0.285 e. The summed E-state index contributed by atoms with van der Waals surface area (Å²) in [6.07, 6.45) is 1.32. The number of aromatic nitrogens is 3. The van der Waals surface area contributed by atoms with Crippen LogP contribution in [0.4, 0.5) is 0 Å². The van der Waals surface area contributed by atoms with E-state index >= 15 is 0 Å². The van der Waals surface area contributed by atoms with Crippen LogP contribution in [0.1, 0.15) is 5.56 Å². The van der Waals surface area contributed by atoms with Crippen molar-refractivity contribution in [3.63, 3.8) is 0 Å². The molecule has 1 heterocycles. The molecule has 0 aliphatic rings. The standard InChI is InChI=1S/C12H12N4O3S/c1-15-9-14-16(12(15)17)5-6-20(18,19)11-4-2-3-10(7-11)8-13/h2-4,7,9H,5-6H2,1H3. The van der Waals surface area contributed by atoms with Crippen molar-refractivity contribution in [1.29, 1.82) is 5.26 Å². The summed E-state index contributed by atoms with van der Waals surface area (Å²) in [6, 6.07) is 7.68. The van der Waals surface area contributed by atoms with Crippen LogP contribution in [0.2, 0.25) is 0 Å². The van der Waals surface area contributed by atoms with Gasteiger partial charge in [-0.05, 0) is 18.2 Å². The Balaban J connectivity index is 2.21. The van der Waals surface area contributed by atoms with Gasteiger partial charge < -0.3 is 0 Å². The number of benzene rings is 1. The van der Waals surface area contributed by atoms with Crippen molar-refractivity contribution in [2.24, 2.45) is 7.05 Å². The monoisotopic (exact) mass is 292 g/mol. The fraction of sp³-hybridized carbons (Fsp3) is 0.250. The molecule has 0 fully saturated rings. The molecular weight excluding hydrogens is 280 g/mol. The summed E-state index contributed by atoms with van der Waals surface area (Å²) in [5, 5.41) is 12.6. The van der Waals surface area contributed by atoms with E-state index in [9.17, 15) is 13.2 Å². The minimum absolute atomic E-state index is 0.0290. The van der Waals surface area contributed by atoms with Crippen molar-refractivity contribution in [1.82, 2.24) is 14.3 Å². The van der Waals surface area contributed by atoms with E-state index in [0.717, 1.165) is 4.68 Å². The molecule has 20 heavy (non-hydrogen) atoms. The molecule has 0 bridgehead atoms. The number of nitriles is 1. The van der Waals surface area contributed by atoms with E-state index in [-0.39, 0.29) is 28.4 Å². The molecule has 1 aromatic heterocycles. The summed E-state index contributed by atoms with van der Waals surface area (Å²) in [5.74, 6) is -0.251. The second kappa shape index (κ2) is 5.30. The van der Waals surface area contributed by atoms with Crippen LogP contribution in [0, 0.1) is 11.3 Å². The fourth-order valence-electron chi connectivity index (χ4n) is 1.66. The van der Waals surface area contributed by atoms with E-state index < -0.39 is 9.84 Å². The van der Waals surface area contributed by atoms with Crippen LogP contribution in [0.3, 0.4) is 0 Å². The van der Waals surface area contributed by atoms with Crippen LogP contribution in [0.15, 0.2) is 40.3 Å². The summed E-state index contributed by atoms with van der Waals surface area (Å²) < 4.78 is 26.6. The predicted octanol–water partition coefficient (Wildman–Crippen LogP) is -0.0726. The number of aryl methyl sites for hydroxylation is 2. The molecule has 0 atom stereocenters. The van der Waals surface area contributed by atoms with Gasteiger partial charge in [-0.1, -0.05) is 6.07 Å². The minimum atomic E-state index is -3.56. The van der Waals surface area contributed by atoms with E-state index in [1.165, 1.54) is 42.2 Å². The third kappa shape index (κ3) is 2.78. The van der Waals surface area contributed by atoms with Gasteiger partial charge in [0.1, 0.15) is 6.33 Å². The van der Waals surface area contributed by atoms with Gasteiger partial charge in [-0.2, -0.15) is 10.4 Å². The van der Waals surface area contributed by atoms with Gasteiger partial charge in [0.25, 0.3) is 0 Å². The van der Waals surface area contributed by atoms with Gasteiger partial charge in [-0.3, -0.25) is 4.57 Å². The molecule has 0 amide bonds. The second-order valence-electron chi connectivity index (χ2n) is 4.21. The maximum Gasteiger partial charge on any atom is 0.345 e. The maximum absolute atomic E-state index is 12.1. The topological polar surface area (TPSA) is 97.8 Å². The summed E-state index contributed by atoms with van der Waals surface area (Å²) in [7, 11) is -2.02. The normalized spacial score (nSPS) is 11.2. The Labute approximate surface area is 115 Å². The van der Waals surface area contributed by atoms with Gasteiger partial charge in [0.05, 0.1) is 28.8 Å². The molecule has 2 aromatic rings. The first-order valence-electron chi connectivity index (χ1n) is 5.75. The Morgan fingerprint density at radius 3 is 2.75 bits per heavy atom. The molecule has 2 rings (SSSR count). The number of sulfone groups is 1. The van der Waals surface area contributed by atoms with E-state index in [2.05, 4.69) is 5.10 Å². The van der Waals surface area contributed by atoms with Crippen molar-refractivity contribution in [3.05, 3.63) is 46.6 Å². The molecular formula is C12H12N4O3S. The Hall–Kier alpha value is -2.40. The second-order valence-corrected chi connectivity index (χ2v) is 6.32. The van der Waals surface area contributed by atoms with Crippen molar-refractivity contribution < 1.29 is 8.42 Å². The third-order valence-corrected chi connectivity index (χ3v) is 4.47. The molecule has 0 saturated carbocycles. The number of hydrogen-bond acceptors (Lipinski definition) is 5. The lowest BCUT2D eigenvalue weighted by Gasteiger charge is -2.04. The fourth-order valence-corrected chi connectivity index (χ4v) is 2.90. The lowest BCUT2D eigenvalue weighted by Crippen LogP contribution is -2.26. The van der Waals surface area contributed by atoms with Crippen molar-refractivity contribution in [2.75, 3.05) is 5.75 Å². The average Bonchev–Trinajstić information content (AvgIpc) is 2.77. The zero-order chi connectivity index (χ0) is 14.8. The summed E-state index contributed by atoms with van der Waals surface area (Å²) in [4.78, 5) is 11.6. The van der Waals surface area contributed by atoms with E-state index in [1.54, 1.807) is 0 Å². The first kappa shape index (κ1) is 14.0. The molecule has 0 aliphatic carbocycles. The minimum Gasteiger partial charge on any atom is -0.285 e. The van der Waals surface area contributed by atoms with Crippen molar-refractivity contribution in [3.8, 4) is 6.07 Å². The van der Waals surface area contributed by atoms with Crippen molar-refractivity contribution in [2.45, 2.75) is 11.4 Å². The maximum atomic E-state index is 12.1. The molecule has 1 aromatic carbocycles. The number of nitrogens with zero attached hydrogens (tertiary/aromatic N) is 4. The molecule has 0 spiro atoms. The molecule has 8 heteroatoms. The molecule has 0 radical (unpaired) electrons. The predicted molar refractivity (Wildman–Crippen MR) is 70.7 cm³/mol. The first-order valence-corrected chi connectivity index (χ1v) is 7.40. The third-order valence-electron chi connectivity index (χ3n) is 2.78. The van der Waals surface area contributed by atoms with E-state index in [4.69, 9.17) is 5.26 Å². The Morgan fingerprint density at radius 2 is 2.15 bits per heavy atom. The zero-order valence-electron chi connectivity index (χ0n) is 10.7. The number of rotatable bonds is 4. The van der Waals surface area contributed by atoms with Gasteiger partial charge in [0.15, 0.2) is 9.84 Å². The summed E-state index contributed by atoms with van der Waals surface area (Å²) in [6.45, 7) is -0.0290. The average molecular weight is 292 g/mol. The van der Waals surface area contributed by atoms with Gasteiger partial charge in [0, 0.05) is 7.05 Å². The Morgan fingerprint density at radius 1 is 1.40 bits per heavy atom. The molecule has 0 saturated heterocycles. The lowest BCUT2D eigenvalue weighted by molar-refractivity contribution is 0.573. The highest BCUT2D eigenvalue weighted by atomic mass is 32.2. The summed E-state index contributed by atoms with van der Waals surface area (Å²) >= 11 is 0. The lowest BCUT2D eigenvalue weighted by atomic mass is 10.2. The van der Waals surface area contributed by atoms with Crippen LogP contribution < -0.4 is 5.69 Å². The summed E-state index contributed by atoms with van der Waals surface area (Å²) in [5.41, 5.74) is -0.0907. The quantitative estimate of drug-likeness (QED) is 0.785. The van der Waals surface area contributed by atoms with Gasteiger partial charge >= 0.3 is 5.69 Å². The molecule has 7 nitrogen and oxygen atoms in total. The SMILES string of the molecule is Cn1cnn(CCS(=O)(=O)c2cccc(C#N)c2)c1=O. The van der Waals surface area contributed by atoms with Crippen LogP contribution >= 0.6 is 0 Å². The van der Waals surface area contributed by atoms with Gasteiger partial charge in [-0.25, -0.2) is 17.9 Å². The highest BCUT2D eigenvalue weighted by Gasteiger charge is 2.16. The van der Waals surface area contributed by atoms with Gasteiger partial charge in [0.2, 0.25) is 0 Å². The van der Waals surface area contributed by atoms with E-state index in [1.807, 2.05) is 6.07 Å². The molecule has 0 N–H and O–H groups in total. The Bertz CT molecular complexity index is 827.